The SMILES string of the molecule is O=C(O)c1csc(S(=O)(=O)Nc2ccc3[nH]ncc3c2)c1. The number of nitrogens with one attached hydrogen (secondary N) is 2. The number of anilines is 1. The van der Waals surface area contributed by atoms with Crippen LogP contribution >= 0.6 is 11.3 Å². The lowest BCUT2D eigenvalue weighted by Gasteiger charge is -2.05. The third-order valence-electron chi connectivity index (χ3n) is 2.78. The second-order valence-corrected chi connectivity index (χ2v) is 7.06. The largest absolute Gasteiger partial charge is 0.478 e. The molecule has 0 fully saturated rings. The number of hydrogen-bond acceptors (Lipinski definition) is 5. The van der Waals surface area contributed by atoms with Gasteiger partial charge < -0.3 is 5.11 Å². The van der Waals surface area contributed by atoms with Gasteiger partial charge in [-0.3, -0.25) is 9.82 Å². The monoisotopic (exact) mass is 323 g/mol. The van der Waals surface area contributed by atoms with E-state index in [1.54, 1.807) is 24.4 Å². The van der Waals surface area contributed by atoms with Gasteiger partial charge in [-0.25, -0.2) is 13.2 Å². The quantitative estimate of drug-likeness (QED) is 0.681. The number of carboxylic acids is 1. The Morgan fingerprint density at radius 3 is 2.86 bits per heavy atom. The number of carboxylic acid groups (broad SMARTS) is 1. The van der Waals surface area contributed by atoms with Gasteiger partial charge in [-0.1, -0.05) is 0 Å². The minimum atomic E-state index is -3.80. The summed E-state index contributed by atoms with van der Waals surface area (Å²) in [6.45, 7) is 0. The molecule has 3 aromatic rings. The van der Waals surface area contributed by atoms with Crippen molar-refractivity contribution in [2.45, 2.75) is 4.21 Å². The Kier molecular flexibility index (Phi) is 3.15. The number of rotatable bonds is 4. The van der Waals surface area contributed by atoms with Gasteiger partial charge in [-0.15, -0.1) is 11.3 Å². The zero-order chi connectivity index (χ0) is 15.0. The van der Waals surface area contributed by atoms with Crippen LogP contribution in [0.2, 0.25) is 0 Å². The summed E-state index contributed by atoms with van der Waals surface area (Å²) in [7, 11) is -3.80. The first-order chi connectivity index (χ1) is 9.95. The van der Waals surface area contributed by atoms with Gasteiger partial charge >= 0.3 is 5.97 Å². The molecule has 0 spiro atoms. The smallest absolute Gasteiger partial charge is 0.336 e. The summed E-state index contributed by atoms with van der Waals surface area (Å²) in [5, 5.41) is 17.5. The fourth-order valence-corrected chi connectivity index (χ4v) is 3.98. The highest BCUT2D eigenvalue weighted by atomic mass is 32.2. The van der Waals surface area contributed by atoms with Crippen molar-refractivity contribution in [3.8, 4) is 0 Å². The first-order valence-corrected chi connectivity index (χ1v) is 8.10. The van der Waals surface area contributed by atoms with Crippen molar-refractivity contribution >= 4 is 43.9 Å². The molecule has 3 rings (SSSR count). The number of carbonyl (C=O) groups is 1. The zero-order valence-corrected chi connectivity index (χ0v) is 12.0. The molecule has 7 nitrogen and oxygen atoms in total. The van der Waals surface area contributed by atoms with Crippen LogP contribution in [0.15, 0.2) is 40.1 Å². The number of aromatic nitrogens is 2. The van der Waals surface area contributed by atoms with Crippen LogP contribution < -0.4 is 4.72 Å². The van der Waals surface area contributed by atoms with Crippen molar-refractivity contribution in [3.63, 3.8) is 0 Å². The number of hydrogen-bond donors (Lipinski definition) is 3. The summed E-state index contributed by atoms with van der Waals surface area (Å²) in [6, 6.07) is 6.08. The van der Waals surface area contributed by atoms with Gasteiger partial charge in [0.2, 0.25) is 0 Å². The number of aromatic carboxylic acids is 1. The molecule has 2 aromatic heterocycles. The molecule has 3 N–H and O–H groups in total. The van der Waals surface area contributed by atoms with Crippen molar-refractivity contribution in [1.82, 2.24) is 10.2 Å². The highest BCUT2D eigenvalue weighted by molar-refractivity contribution is 7.94. The summed E-state index contributed by atoms with van der Waals surface area (Å²) < 4.78 is 26.8. The van der Waals surface area contributed by atoms with Crippen LogP contribution in [-0.4, -0.2) is 29.7 Å². The Balaban J connectivity index is 1.92. The van der Waals surface area contributed by atoms with Crippen molar-refractivity contribution in [2.24, 2.45) is 0 Å². The maximum Gasteiger partial charge on any atom is 0.336 e. The molecular weight excluding hydrogens is 314 g/mol. The fourth-order valence-electron chi connectivity index (χ4n) is 1.78. The molecule has 0 aliphatic carbocycles. The van der Waals surface area contributed by atoms with Crippen molar-refractivity contribution in [3.05, 3.63) is 41.4 Å². The van der Waals surface area contributed by atoms with Gasteiger partial charge in [0.05, 0.1) is 17.3 Å². The van der Waals surface area contributed by atoms with E-state index in [-0.39, 0.29) is 9.77 Å². The van der Waals surface area contributed by atoms with Crippen LogP contribution in [0.3, 0.4) is 0 Å². The average molecular weight is 323 g/mol. The van der Waals surface area contributed by atoms with Gasteiger partial charge in [-0.05, 0) is 24.3 Å². The van der Waals surface area contributed by atoms with E-state index in [4.69, 9.17) is 5.11 Å². The van der Waals surface area contributed by atoms with Crippen LogP contribution in [0.4, 0.5) is 5.69 Å². The fraction of sp³-hybridized carbons (Fsp3) is 0. The number of fused-ring (bicyclic) bond motifs is 1. The van der Waals surface area contributed by atoms with Crippen LogP contribution in [-0.2, 0) is 10.0 Å². The van der Waals surface area contributed by atoms with Crippen molar-refractivity contribution in [1.29, 1.82) is 0 Å². The summed E-state index contributed by atoms with van der Waals surface area (Å²) in [5.74, 6) is -1.16. The van der Waals surface area contributed by atoms with E-state index in [0.29, 0.717) is 5.69 Å². The summed E-state index contributed by atoms with van der Waals surface area (Å²) in [6.07, 6.45) is 1.58. The second kappa shape index (κ2) is 4.86. The number of nitrogens with zero attached hydrogens (tertiary/aromatic N) is 1. The molecule has 108 valence electrons. The summed E-state index contributed by atoms with van der Waals surface area (Å²) in [5.41, 5.74) is 1.13. The predicted octanol–water partition coefficient (Wildman–Crippen LogP) is 2.12. The highest BCUT2D eigenvalue weighted by Crippen LogP contribution is 2.24. The summed E-state index contributed by atoms with van der Waals surface area (Å²) in [4.78, 5) is 10.8. The van der Waals surface area contributed by atoms with Gasteiger partial charge in [0.25, 0.3) is 10.0 Å². The molecule has 0 bridgehead atoms. The van der Waals surface area contributed by atoms with Gasteiger partial charge in [0.1, 0.15) is 4.21 Å². The lowest BCUT2D eigenvalue weighted by atomic mass is 10.2. The number of aromatic amines is 1. The second-order valence-electron chi connectivity index (χ2n) is 4.24. The molecule has 0 saturated carbocycles. The molecule has 0 amide bonds. The van der Waals surface area contributed by atoms with E-state index in [0.717, 1.165) is 28.3 Å². The van der Waals surface area contributed by atoms with E-state index in [2.05, 4.69) is 14.9 Å². The maximum atomic E-state index is 12.2. The first kappa shape index (κ1) is 13.6. The van der Waals surface area contributed by atoms with Gasteiger partial charge in [-0.2, -0.15) is 5.10 Å². The molecule has 0 saturated heterocycles. The van der Waals surface area contributed by atoms with Gasteiger partial charge in [0, 0.05) is 16.5 Å². The Labute approximate surface area is 123 Å². The zero-order valence-electron chi connectivity index (χ0n) is 10.4. The normalized spacial score (nSPS) is 11.6. The Morgan fingerprint density at radius 1 is 1.33 bits per heavy atom. The van der Waals surface area contributed by atoms with Crippen LogP contribution in [0.5, 0.6) is 0 Å². The minimum Gasteiger partial charge on any atom is -0.478 e. The van der Waals surface area contributed by atoms with E-state index in [1.165, 1.54) is 5.38 Å². The van der Waals surface area contributed by atoms with E-state index in [1.807, 2.05) is 0 Å². The van der Waals surface area contributed by atoms with Crippen molar-refractivity contribution < 1.29 is 18.3 Å². The number of sulfonamides is 1. The third-order valence-corrected chi connectivity index (χ3v) is 5.60. The molecule has 21 heavy (non-hydrogen) atoms. The molecule has 9 heteroatoms. The van der Waals surface area contributed by atoms with Crippen LogP contribution in [0.1, 0.15) is 10.4 Å². The Hall–Kier alpha value is -2.39. The average Bonchev–Trinajstić information content (AvgIpc) is 3.07. The Morgan fingerprint density at radius 2 is 2.14 bits per heavy atom. The molecule has 0 aliphatic heterocycles. The molecule has 0 aliphatic rings. The van der Waals surface area contributed by atoms with Crippen LogP contribution in [0.25, 0.3) is 10.9 Å². The standard InChI is InChI=1S/C12H9N3O4S2/c16-12(17)8-4-11(20-6-8)21(18,19)15-9-1-2-10-7(3-9)5-13-14-10/h1-6,15H,(H,13,14)(H,16,17). The molecule has 1 aromatic carbocycles. The third kappa shape index (κ3) is 2.60. The van der Waals surface area contributed by atoms with Crippen molar-refractivity contribution in [2.75, 3.05) is 4.72 Å². The first-order valence-electron chi connectivity index (χ1n) is 5.73. The van der Waals surface area contributed by atoms with Gasteiger partial charge in [0.15, 0.2) is 0 Å². The highest BCUT2D eigenvalue weighted by Gasteiger charge is 2.19. The predicted molar refractivity (Wildman–Crippen MR) is 78.2 cm³/mol. The molecule has 2 heterocycles. The van der Waals surface area contributed by atoms with Crippen LogP contribution in [0, 0.1) is 0 Å². The lowest BCUT2D eigenvalue weighted by molar-refractivity contribution is 0.0697. The lowest BCUT2D eigenvalue weighted by Crippen LogP contribution is -2.11. The Bertz CT molecular complexity index is 927. The van der Waals surface area contributed by atoms with E-state index in [9.17, 15) is 13.2 Å². The molecule has 0 radical (unpaired) electrons. The maximum absolute atomic E-state index is 12.2. The number of H-pyrrole nitrogens is 1. The number of benzene rings is 1. The number of thiophene rings is 1. The molecule has 0 atom stereocenters. The van der Waals surface area contributed by atoms with E-state index < -0.39 is 16.0 Å². The minimum absolute atomic E-state index is 0.0489. The molecular formula is C12H9N3O4S2. The molecule has 0 unspecified atom stereocenters. The summed E-state index contributed by atoms with van der Waals surface area (Å²) >= 11 is 0.860. The van der Waals surface area contributed by atoms with E-state index >= 15 is 0 Å². The topological polar surface area (TPSA) is 112 Å².